The predicted molar refractivity (Wildman–Crippen MR) is 65.3 cm³/mol. The van der Waals surface area contributed by atoms with Crippen LogP contribution < -0.4 is 10.1 Å². The molecule has 0 aliphatic rings. The maximum absolute atomic E-state index is 12.1. The molecule has 1 aromatic carbocycles. The lowest BCUT2D eigenvalue weighted by atomic mass is 10.3. The molecular formula is C11H13ClF2N2O2. The monoisotopic (exact) mass is 278 g/mol. The number of carbonyl (C=O) groups excluding carboxylic acids is 1. The number of nitrogens with zero attached hydrogens (tertiary/aromatic N) is 1. The number of carbonyl (C=O) groups is 1. The molecule has 1 N–H and O–H groups in total. The predicted octanol–water partition coefficient (Wildman–Crippen LogP) is 2.44. The number of hydrogen-bond donors (Lipinski definition) is 1. The molecule has 0 unspecified atom stereocenters. The highest BCUT2D eigenvalue weighted by Crippen LogP contribution is 2.29. The fraction of sp³-hybridized carbons (Fsp3) is 0.364. The zero-order valence-corrected chi connectivity index (χ0v) is 10.7. The average Bonchev–Trinajstić information content (AvgIpc) is 2.21. The first-order valence-electron chi connectivity index (χ1n) is 5.07. The summed E-state index contributed by atoms with van der Waals surface area (Å²) in [5.74, 6) is -0.431. The van der Waals surface area contributed by atoms with E-state index in [1.54, 1.807) is 19.0 Å². The lowest BCUT2D eigenvalue weighted by molar-refractivity contribution is -0.116. The van der Waals surface area contributed by atoms with Crippen molar-refractivity contribution in [2.75, 3.05) is 26.0 Å². The molecule has 1 amide bonds. The molecule has 7 heteroatoms. The maximum Gasteiger partial charge on any atom is 0.387 e. The molecule has 0 heterocycles. The van der Waals surface area contributed by atoms with Gasteiger partial charge in [0.1, 0.15) is 5.75 Å². The van der Waals surface area contributed by atoms with E-state index in [-0.39, 0.29) is 23.2 Å². The third-order valence-corrected chi connectivity index (χ3v) is 2.20. The number of anilines is 1. The van der Waals surface area contributed by atoms with Crippen molar-refractivity contribution in [3.05, 3.63) is 23.2 Å². The van der Waals surface area contributed by atoms with Crippen LogP contribution in [0.1, 0.15) is 0 Å². The van der Waals surface area contributed by atoms with Gasteiger partial charge in [-0.05, 0) is 26.2 Å². The summed E-state index contributed by atoms with van der Waals surface area (Å²) in [6.07, 6.45) is 0. The van der Waals surface area contributed by atoms with Gasteiger partial charge in [0.2, 0.25) is 5.91 Å². The number of alkyl halides is 2. The minimum absolute atomic E-state index is 0.0564. The molecule has 0 aliphatic carbocycles. The Morgan fingerprint density at radius 3 is 2.72 bits per heavy atom. The third kappa shape index (κ3) is 4.85. The Labute approximate surface area is 108 Å². The lowest BCUT2D eigenvalue weighted by Gasteiger charge is -2.12. The largest absolute Gasteiger partial charge is 0.433 e. The van der Waals surface area contributed by atoms with Crippen LogP contribution in [0.25, 0.3) is 0 Å². The fourth-order valence-corrected chi connectivity index (χ4v) is 1.42. The van der Waals surface area contributed by atoms with Gasteiger partial charge in [-0.2, -0.15) is 8.78 Å². The molecule has 0 aromatic heterocycles. The fourth-order valence-electron chi connectivity index (χ4n) is 1.26. The molecule has 0 saturated carbocycles. The Balaban J connectivity index is 2.75. The van der Waals surface area contributed by atoms with E-state index in [2.05, 4.69) is 10.1 Å². The van der Waals surface area contributed by atoms with Gasteiger partial charge in [-0.1, -0.05) is 11.6 Å². The molecule has 0 spiro atoms. The van der Waals surface area contributed by atoms with Crippen molar-refractivity contribution in [1.29, 1.82) is 0 Å². The quantitative estimate of drug-likeness (QED) is 0.899. The molecular weight excluding hydrogens is 266 g/mol. The first kappa shape index (κ1) is 14.7. The highest BCUT2D eigenvalue weighted by Gasteiger charge is 2.11. The Morgan fingerprint density at radius 2 is 2.17 bits per heavy atom. The summed E-state index contributed by atoms with van der Waals surface area (Å²) >= 11 is 5.68. The Hall–Kier alpha value is -1.40. The molecule has 18 heavy (non-hydrogen) atoms. The van der Waals surface area contributed by atoms with Gasteiger partial charge in [-0.3, -0.25) is 4.79 Å². The second kappa shape index (κ2) is 6.51. The summed E-state index contributed by atoms with van der Waals surface area (Å²) in [7, 11) is 3.49. The summed E-state index contributed by atoms with van der Waals surface area (Å²) in [6, 6.07) is 4.14. The van der Waals surface area contributed by atoms with Crippen LogP contribution in [-0.4, -0.2) is 38.1 Å². The second-order valence-corrected chi connectivity index (χ2v) is 4.22. The van der Waals surface area contributed by atoms with E-state index in [1.165, 1.54) is 18.2 Å². The van der Waals surface area contributed by atoms with Crippen molar-refractivity contribution >= 4 is 23.2 Å². The summed E-state index contributed by atoms with van der Waals surface area (Å²) in [4.78, 5) is 13.1. The van der Waals surface area contributed by atoms with Gasteiger partial charge in [-0.25, -0.2) is 0 Å². The summed E-state index contributed by atoms with van der Waals surface area (Å²) in [5.41, 5.74) is 0.349. The van der Waals surface area contributed by atoms with Gasteiger partial charge in [-0.15, -0.1) is 0 Å². The summed E-state index contributed by atoms with van der Waals surface area (Å²) in [5, 5.41) is 2.61. The zero-order valence-electron chi connectivity index (χ0n) is 9.91. The van der Waals surface area contributed by atoms with Crippen molar-refractivity contribution in [2.24, 2.45) is 0 Å². The topological polar surface area (TPSA) is 41.6 Å². The third-order valence-electron chi connectivity index (χ3n) is 1.89. The van der Waals surface area contributed by atoms with Crippen LogP contribution in [-0.2, 0) is 4.79 Å². The second-order valence-electron chi connectivity index (χ2n) is 3.81. The van der Waals surface area contributed by atoms with Gasteiger partial charge in [0.15, 0.2) is 0 Å². The smallest absolute Gasteiger partial charge is 0.387 e. The Bertz CT molecular complexity index is 428. The first-order chi connectivity index (χ1) is 8.38. The SMILES string of the molecule is CN(C)CC(=O)Nc1ccc(Cl)c(OC(F)F)c1. The van der Waals surface area contributed by atoms with E-state index in [4.69, 9.17) is 11.6 Å². The van der Waals surface area contributed by atoms with Crippen LogP contribution in [0.2, 0.25) is 5.02 Å². The molecule has 0 radical (unpaired) electrons. The minimum Gasteiger partial charge on any atom is -0.433 e. The molecule has 0 atom stereocenters. The normalized spacial score (nSPS) is 10.8. The maximum atomic E-state index is 12.1. The molecule has 100 valence electrons. The number of hydrogen-bond acceptors (Lipinski definition) is 3. The van der Waals surface area contributed by atoms with Gasteiger partial charge in [0.25, 0.3) is 0 Å². The van der Waals surface area contributed by atoms with Crippen LogP contribution in [0.3, 0.4) is 0 Å². The molecule has 0 aliphatic heterocycles. The number of rotatable bonds is 5. The van der Waals surface area contributed by atoms with Gasteiger partial charge >= 0.3 is 6.61 Å². The van der Waals surface area contributed by atoms with Crippen molar-refractivity contribution in [1.82, 2.24) is 4.90 Å². The molecule has 0 bridgehead atoms. The number of ether oxygens (including phenoxy) is 1. The highest BCUT2D eigenvalue weighted by molar-refractivity contribution is 6.32. The average molecular weight is 279 g/mol. The van der Waals surface area contributed by atoms with E-state index in [9.17, 15) is 13.6 Å². The van der Waals surface area contributed by atoms with Crippen molar-refractivity contribution in [2.45, 2.75) is 6.61 Å². The number of nitrogens with one attached hydrogen (secondary N) is 1. The number of halogens is 3. The summed E-state index contributed by atoms with van der Waals surface area (Å²) in [6.45, 7) is -2.77. The minimum atomic E-state index is -2.96. The van der Waals surface area contributed by atoms with Crippen LogP contribution >= 0.6 is 11.6 Å². The molecule has 1 aromatic rings. The van der Waals surface area contributed by atoms with Crippen molar-refractivity contribution in [3.63, 3.8) is 0 Å². The van der Waals surface area contributed by atoms with Crippen molar-refractivity contribution < 1.29 is 18.3 Å². The van der Waals surface area contributed by atoms with E-state index < -0.39 is 6.61 Å². The highest BCUT2D eigenvalue weighted by atomic mass is 35.5. The standard InChI is InChI=1S/C11H13ClF2N2O2/c1-16(2)6-10(17)15-7-3-4-8(12)9(5-7)18-11(13)14/h3-5,11H,6H2,1-2H3,(H,15,17). The van der Waals surface area contributed by atoms with Crippen molar-refractivity contribution in [3.8, 4) is 5.75 Å². The molecule has 4 nitrogen and oxygen atoms in total. The van der Waals surface area contributed by atoms with Gasteiger partial charge in [0.05, 0.1) is 11.6 Å². The number of benzene rings is 1. The van der Waals surface area contributed by atoms with Crippen LogP contribution in [0.15, 0.2) is 18.2 Å². The molecule has 1 rings (SSSR count). The molecule has 0 saturated heterocycles. The van der Waals surface area contributed by atoms with E-state index in [0.717, 1.165) is 0 Å². The number of amides is 1. The summed E-state index contributed by atoms with van der Waals surface area (Å²) < 4.78 is 28.4. The van der Waals surface area contributed by atoms with Gasteiger partial charge in [0, 0.05) is 11.8 Å². The first-order valence-corrected chi connectivity index (χ1v) is 5.45. The number of likely N-dealkylation sites (N-methyl/N-ethyl adjacent to an activating group) is 1. The van der Waals surface area contributed by atoms with E-state index >= 15 is 0 Å². The van der Waals surface area contributed by atoms with Crippen LogP contribution in [0.4, 0.5) is 14.5 Å². The van der Waals surface area contributed by atoms with Gasteiger partial charge < -0.3 is 15.0 Å². The van der Waals surface area contributed by atoms with Crippen LogP contribution in [0.5, 0.6) is 5.75 Å². The molecule has 0 fully saturated rings. The Morgan fingerprint density at radius 1 is 1.50 bits per heavy atom. The van der Waals surface area contributed by atoms with E-state index in [1.807, 2.05) is 0 Å². The van der Waals surface area contributed by atoms with Crippen LogP contribution in [0, 0.1) is 0 Å². The zero-order chi connectivity index (χ0) is 13.7. The van der Waals surface area contributed by atoms with E-state index in [0.29, 0.717) is 5.69 Å². The Kier molecular flexibility index (Phi) is 5.30. The lowest BCUT2D eigenvalue weighted by Crippen LogP contribution is -2.27.